The van der Waals surface area contributed by atoms with E-state index in [1.54, 1.807) is 0 Å². The zero-order valence-electron chi connectivity index (χ0n) is 50.3. The molecule has 4 rings (SSSR count). The second-order valence-electron chi connectivity index (χ2n) is 18.7. The number of hydrogen-bond donors (Lipinski definition) is 0. The van der Waals surface area contributed by atoms with Crippen molar-refractivity contribution in [3.63, 3.8) is 0 Å². The van der Waals surface area contributed by atoms with Gasteiger partial charge in [0.25, 0.3) is 0 Å². The third-order valence-corrected chi connectivity index (χ3v) is 12.1. The van der Waals surface area contributed by atoms with Crippen LogP contribution in [0.1, 0.15) is 99.3 Å². The Morgan fingerprint density at radius 2 is 0.614 bits per heavy atom. The zero-order valence-corrected chi connectivity index (χ0v) is 50.3. The second kappa shape index (κ2) is 45.9. The largest absolute Gasteiger partial charge is 0.490 e. The van der Waals surface area contributed by atoms with Crippen molar-refractivity contribution in [1.82, 2.24) is 0 Å². The van der Waals surface area contributed by atoms with Crippen molar-refractivity contribution in [1.29, 1.82) is 0 Å². The van der Waals surface area contributed by atoms with Crippen molar-refractivity contribution in [2.45, 2.75) is 77.0 Å². The van der Waals surface area contributed by atoms with Gasteiger partial charge < -0.3 is 57.3 Å². The van der Waals surface area contributed by atoms with Crippen molar-refractivity contribution in [2.24, 2.45) is 0 Å². The Labute approximate surface area is 517 Å². The molecule has 0 aliphatic carbocycles. The maximum Gasteiger partial charge on any atom is 0.330 e. The lowest BCUT2D eigenvalue weighted by molar-refractivity contribution is -0.249. The molecule has 0 aliphatic rings. The number of hydrogen-bond acceptors (Lipinski definition) is 18. The van der Waals surface area contributed by atoms with Crippen LogP contribution in [-0.4, -0.2) is 97.2 Å². The molecule has 0 amide bonds. The van der Waals surface area contributed by atoms with Gasteiger partial charge in [-0.1, -0.05) is 130 Å². The Hall–Kier alpha value is -9.37. The summed E-state index contributed by atoms with van der Waals surface area (Å²) in [6, 6.07) is 24.0. The maximum atomic E-state index is 11.6. The van der Waals surface area contributed by atoms with Crippen LogP contribution < -0.4 is 28.4 Å². The lowest BCUT2D eigenvalue weighted by Crippen LogP contribution is -2.09. The molecule has 470 valence electrons. The van der Waals surface area contributed by atoms with Gasteiger partial charge in [-0.25, -0.2) is 14.4 Å². The predicted molar refractivity (Wildman–Crippen MR) is 337 cm³/mol. The van der Waals surface area contributed by atoms with Crippen LogP contribution in [-0.2, 0) is 57.9 Å². The number of ether oxygens (including phenoxy) is 9. The van der Waals surface area contributed by atoms with Gasteiger partial charge in [0.15, 0.2) is 41.8 Å². The molecule has 0 atom stereocenters. The third-order valence-electron chi connectivity index (χ3n) is 12.1. The smallest absolute Gasteiger partial charge is 0.330 e. The van der Waals surface area contributed by atoms with Gasteiger partial charge >= 0.3 is 17.9 Å². The van der Waals surface area contributed by atoms with E-state index in [1.165, 1.54) is 18.8 Å². The molecule has 0 saturated carbocycles. The molecule has 4 aromatic carbocycles. The topological polar surface area (TPSA) is 190 Å². The van der Waals surface area contributed by atoms with Crippen LogP contribution in [0.2, 0.25) is 0 Å². The highest BCUT2D eigenvalue weighted by molar-refractivity contribution is 5.82. The quantitative estimate of drug-likeness (QED) is 0.00466. The van der Waals surface area contributed by atoms with E-state index >= 15 is 0 Å². The second-order valence-corrected chi connectivity index (χ2v) is 18.7. The molecule has 4 aromatic rings. The summed E-state index contributed by atoms with van der Waals surface area (Å²) in [6.07, 6.45) is 22.5. The molecule has 0 fully saturated rings. The van der Waals surface area contributed by atoms with E-state index in [0.29, 0.717) is 164 Å². The van der Waals surface area contributed by atoms with Crippen LogP contribution in [0, 0.1) is 0 Å². The summed E-state index contributed by atoms with van der Waals surface area (Å²) < 4.78 is 53.9. The highest BCUT2D eigenvalue weighted by Crippen LogP contribution is 2.43. The van der Waals surface area contributed by atoms with Crippen molar-refractivity contribution >= 4 is 42.2 Å². The minimum absolute atomic E-state index is 0.221. The maximum absolute atomic E-state index is 11.6. The van der Waals surface area contributed by atoms with Crippen LogP contribution in [0.15, 0.2) is 166 Å². The average molecular weight is 1210 g/mol. The first-order valence-corrected chi connectivity index (χ1v) is 29.2. The minimum Gasteiger partial charge on any atom is -0.490 e. The van der Waals surface area contributed by atoms with Gasteiger partial charge in [-0.05, 0) is 124 Å². The number of rotatable bonds is 50. The van der Waals surface area contributed by atoms with Crippen LogP contribution in [0.25, 0.3) is 35.4 Å². The summed E-state index contributed by atoms with van der Waals surface area (Å²) in [6.45, 7) is 24.4. The van der Waals surface area contributed by atoms with E-state index < -0.39 is 17.9 Å². The lowest BCUT2D eigenvalue weighted by atomic mass is 10.0. The number of carbonyl (C=O) groups excluding carboxylic acids is 3. The lowest BCUT2D eigenvalue weighted by Gasteiger charge is -2.19. The van der Waals surface area contributed by atoms with Crippen LogP contribution in [0.4, 0.5) is 0 Å². The van der Waals surface area contributed by atoms with Gasteiger partial charge in [0.2, 0.25) is 11.5 Å². The van der Waals surface area contributed by atoms with Crippen molar-refractivity contribution in [2.75, 3.05) is 79.3 Å². The highest BCUT2D eigenvalue weighted by atomic mass is 17.2. The highest BCUT2D eigenvalue weighted by Gasteiger charge is 2.20. The molecule has 0 radical (unpaired) electrons. The Morgan fingerprint density at radius 1 is 0.330 bits per heavy atom. The SMILES string of the molecule is C=C=COOCCCCOc1ccc(/C=C/c2ccc(-c3ccc(/C=C/c4ccc(OCCCCOC(=O)C=C)c(OCCCCOC(=O)C=C)c4OCCCCOOC=C=C)cc3)cc2)c(OCCCCOC(=O)C=C)c1OCCCCOOC=C=C. The molecule has 0 aromatic heterocycles. The van der Waals surface area contributed by atoms with Crippen molar-refractivity contribution in [3.8, 4) is 45.6 Å². The molecular weight excluding hydrogens is 1130 g/mol. The number of esters is 3. The summed E-state index contributed by atoms with van der Waals surface area (Å²) in [4.78, 5) is 64.9. The molecule has 0 saturated heterocycles. The van der Waals surface area contributed by atoms with Crippen LogP contribution >= 0.6 is 0 Å². The molecule has 0 heterocycles. The fraction of sp³-hybridized carbons (Fsp3) is 0.343. The summed E-state index contributed by atoms with van der Waals surface area (Å²) in [5.41, 5.74) is 12.9. The first kappa shape index (κ1) is 71.1. The number of benzene rings is 4. The number of unbranched alkanes of at least 4 members (excludes halogenated alkanes) is 6. The molecule has 0 unspecified atom stereocenters. The molecular formula is C70H82O18. The van der Waals surface area contributed by atoms with Gasteiger partial charge in [-0.15, -0.1) is 0 Å². The van der Waals surface area contributed by atoms with Gasteiger partial charge in [-0.2, -0.15) is 14.7 Å². The molecule has 18 nitrogen and oxygen atoms in total. The van der Waals surface area contributed by atoms with E-state index in [-0.39, 0.29) is 26.4 Å². The predicted octanol–water partition coefficient (Wildman–Crippen LogP) is 14.6. The van der Waals surface area contributed by atoms with Gasteiger partial charge in [0.1, 0.15) is 0 Å². The number of carbonyl (C=O) groups is 3. The normalized spacial score (nSPS) is 10.5. The fourth-order valence-corrected chi connectivity index (χ4v) is 7.63. The molecule has 88 heavy (non-hydrogen) atoms. The Kier molecular flexibility index (Phi) is 37.1. The Bertz CT molecular complexity index is 2940. The first-order chi connectivity index (χ1) is 43.2. The summed E-state index contributed by atoms with van der Waals surface area (Å²) in [5.74, 6) is 1.44. The van der Waals surface area contributed by atoms with Crippen LogP contribution in [0.5, 0.6) is 34.5 Å². The third kappa shape index (κ3) is 29.6. The van der Waals surface area contributed by atoms with Gasteiger partial charge in [0, 0.05) is 29.4 Å². The Balaban J connectivity index is 1.57. The Morgan fingerprint density at radius 3 is 0.920 bits per heavy atom. The fourth-order valence-electron chi connectivity index (χ4n) is 7.63. The van der Waals surface area contributed by atoms with E-state index in [1.807, 2.05) is 72.8 Å². The molecule has 0 aliphatic heterocycles. The van der Waals surface area contributed by atoms with Gasteiger partial charge in [-0.3, -0.25) is 0 Å². The molecule has 18 heteroatoms. The van der Waals surface area contributed by atoms with Crippen LogP contribution in [0.3, 0.4) is 0 Å². The monoisotopic (exact) mass is 1210 g/mol. The molecule has 0 bridgehead atoms. The zero-order chi connectivity index (χ0) is 62.9. The summed E-state index contributed by atoms with van der Waals surface area (Å²) in [5, 5.41) is 0. The molecule has 0 N–H and O–H groups in total. The van der Waals surface area contributed by atoms with E-state index in [2.05, 4.69) is 80.9 Å². The van der Waals surface area contributed by atoms with Gasteiger partial charge in [0.05, 0.1) is 79.3 Å². The average Bonchev–Trinajstić information content (AvgIpc) is 3.67. The minimum atomic E-state index is -0.486. The summed E-state index contributed by atoms with van der Waals surface area (Å²) >= 11 is 0. The first-order valence-electron chi connectivity index (χ1n) is 29.2. The standard InChI is InChI=1S/C70H82O18/c1-7-41-83-86-53-22-19-45-75-63-40-38-60(67(79-49-17-15-47-77-65(72)11-5)70(63)82-52-21-24-55-88-85-43-9-3)35-29-56-25-31-58(32-26-56)59-33-27-57(28-34-59)30-36-61-37-39-62(74-44-13-14-46-76-64(71)10-4)69(81-51-18-16-48-78-66(73)12-6)68(61)80-50-20-23-54-87-84-42-8-2/h10-12,25-43H,1-6,13-24,44-55H2/b35-29+,36-30+. The van der Waals surface area contributed by atoms with Crippen molar-refractivity contribution < 1.29 is 86.3 Å². The van der Waals surface area contributed by atoms with Crippen molar-refractivity contribution in [3.05, 3.63) is 189 Å². The van der Waals surface area contributed by atoms with E-state index in [0.717, 1.165) is 51.6 Å². The van der Waals surface area contributed by atoms with E-state index in [4.69, 9.17) is 72.0 Å². The van der Waals surface area contributed by atoms with E-state index in [9.17, 15) is 14.4 Å². The summed E-state index contributed by atoms with van der Waals surface area (Å²) in [7, 11) is 0. The molecule has 0 spiro atoms.